The molecule has 0 spiro atoms. The van der Waals surface area contributed by atoms with Gasteiger partial charge in [0.2, 0.25) is 5.91 Å². The van der Waals surface area contributed by atoms with Crippen molar-refractivity contribution in [3.05, 3.63) is 41.3 Å². The Labute approximate surface area is 185 Å². The minimum Gasteiger partial charge on any atom is -0.480 e. The highest BCUT2D eigenvalue weighted by atomic mass is 35.5. The van der Waals surface area contributed by atoms with Crippen LogP contribution in [0.25, 0.3) is 11.1 Å². The van der Waals surface area contributed by atoms with E-state index in [1.165, 1.54) is 17.0 Å². The van der Waals surface area contributed by atoms with E-state index in [4.69, 9.17) is 16.3 Å². The van der Waals surface area contributed by atoms with Crippen molar-refractivity contribution in [2.45, 2.75) is 12.8 Å². The van der Waals surface area contributed by atoms with E-state index in [2.05, 4.69) is 10.3 Å². The standard InChI is InChI=1S/C22H24ClFN4O3/c1-25-10-14-4-6-27(7-5-14)20(29)12-28-21(30)13-31-19-9-16(11-26-22(19)28)15-2-3-18(24)17(23)8-15/h2-3,8-9,11,14,25H,4-7,10,12-13H2,1H3. The summed E-state index contributed by atoms with van der Waals surface area (Å²) in [5, 5.41) is 3.19. The Morgan fingerprint density at radius 1 is 1.29 bits per heavy atom. The summed E-state index contributed by atoms with van der Waals surface area (Å²) >= 11 is 5.88. The van der Waals surface area contributed by atoms with Crippen LogP contribution in [0.4, 0.5) is 10.2 Å². The number of anilines is 1. The van der Waals surface area contributed by atoms with Crippen LogP contribution in [0.2, 0.25) is 5.02 Å². The van der Waals surface area contributed by atoms with E-state index in [1.807, 2.05) is 11.9 Å². The number of nitrogens with zero attached hydrogens (tertiary/aromatic N) is 3. The average Bonchev–Trinajstić information content (AvgIpc) is 2.78. The summed E-state index contributed by atoms with van der Waals surface area (Å²) in [5.74, 6) is 0.374. The van der Waals surface area contributed by atoms with Gasteiger partial charge in [0.1, 0.15) is 12.4 Å². The van der Waals surface area contributed by atoms with Gasteiger partial charge in [-0.25, -0.2) is 9.37 Å². The number of hydrogen-bond donors (Lipinski definition) is 1. The lowest BCUT2D eigenvalue weighted by Gasteiger charge is -2.34. The Balaban J connectivity index is 1.49. The molecule has 2 amide bonds. The summed E-state index contributed by atoms with van der Waals surface area (Å²) in [7, 11) is 1.93. The van der Waals surface area contributed by atoms with Gasteiger partial charge in [-0.1, -0.05) is 17.7 Å². The number of benzene rings is 1. The Morgan fingerprint density at radius 2 is 2.06 bits per heavy atom. The van der Waals surface area contributed by atoms with Gasteiger partial charge in [-0.2, -0.15) is 0 Å². The third-order valence-corrected chi connectivity index (χ3v) is 6.04. The molecule has 2 aromatic rings. The molecular formula is C22H24ClFN4O3. The van der Waals surface area contributed by atoms with Gasteiger partial charge >= 0.3 is 0 Å². The van der Waals surface area contributed by atoms with E-state index < -0.39 is 5.82 Å². The normalized spacial score (nSPS) is 16.8. The monoisotopic (exact) mass is 446 g/mol. The molecule has 3 heterocycles. The van der Waals surface area contributed by atoms with Crippen LogP contribution in [0.3, 0.4) is 0 Å². The molecule has 0 bridgehead atoms. The van der Waals surface area contributed by atoms with E-state index in [-0.39, 0.29) is 30.0 Å². The molecule has 2 aliphatic heterocycles. The summed E-state index contributed by atoms with van der Waals surface area (Å²) < 4.78 is 19.0. The third-order valence-electron chi connectivity index (χ3n) is 5.75. The molecule has 0 unspecified atom stereocenters. The van der Waals surface area contributed by atoms with Gasteiger partial charge in [0.05, 0.1) is 5.02 Å². The van der Waals surface area contributed by atoms with Crippen molar-refractivity contribution >= 4 is 29.2 Å². The molecule has 1 saturated heterocycles. The highest BCUT2D eigenvalue weighted by molar-refractivity contribution is 6.31. The molecule has 1 N–H and O–H groups in total. The first kappa shape index (κ1) is 21.5. The molecule has 2 aliphatic rings. The molecule has 164 valence electrons. The van der Waals surface area contributed by atoms with Crippen LogP contribution in [0.1, 0.15) is 12.8 Å². The Kier molecular flexibility index (Phi) is 6.38. The van der Waals surface area contributed by atoms with Crippen LogP contribution in [-0.2, 0) is 9.59 Å². The number of piperidine rings is 1. The maximum atomic E-state index is 13.5. The largest absolute Gasteiger partial charge is 0.480 e. The summed E-state index contributed by atoms with van der Waals surface area (Å²) in [6.45, 7) is 2.09. The van der Waals surface area contributed by atoms with E-state index in [0.29, 0.717) is 41.7 Å². The van der Waals surface area contributed by atoms with Gasteiger partial charge in [-0.15, -0.1) is 0 Å². The molecule has 31 heavy (non-hydrogen) atoms. The van der Waals surface area contributed by atoms with Crippen molar-refractivity contribution < 1.29 is 18.7 Å². The lowest BCUT2D eigenvalue weighted by atomic mass is 9.97. The summed E-state index contributed by atoms with van der Waals surface area (Å²) in [4.78, 5) is 32.9. The molecule has 9 heteroatoms. The predicted molar refractivity (Wildman–Crippen MR) is 116 cm³/mol. The first-order valence-electron chi connectivity index (χ1n) is 10.3. The molecule has 7 nitrogen and oxygen atoms in total. The van der Waals surface area contributed by atoms with E-state index in [9.17, 15) is 14.0 Å². The number of rotatable bonds is 5. The van der Waals surface area contributed by atoms with Gasteiger partial charge in [0.15, 0.2) is 18.2 Å². The van der Waals surface area contributed by atoms with Gasteiger partial charge in [-0.3, -0.25) is 14.5 Å². The first-order chi connectivity index (χ1) is 15.0. The van der Waals surface area contributed by atoms with Crippen molar-refractivity contribution in [1.82, 2.24) is 15.2 Å². The van der Waals surface area contributed by atoms with Gasteiger partial charge in [0.25, 0.3) is 5.91 Å². The number of hydrogen-bond acceptors (Lipinski definition) is 5. The molecule has 0 saturated carbocycles. The number of carbonyl (C=O) groups is 2. The zero-order chi connectivity index (χ0) is 22.0. The SMILES string of the molecule is CNCC1CCN(C(=O)CN2C(=O)COc3cc(-c4ccc(F)c(Cl)c4)cnc32)CC1. The Morgan fingerprint density at radius 3 is 2.77 bits per heavy atom. The predicted octanol–water partition coefficient (Wildman–Crippen LogP) is 2.72. The second kappa shape index (κ2) is 9.20. The summed E-state index contributed by atoms with van der Waals surface area (Å²) in [6, 6.07) is 6.11. The topological polar surface area (TPSA) is 74.8 Å². The maximum Gasteiger partial charge on any atom is 0.266 e. The van der Waals surface area contributed by atoms with Crippen molar-refractivity contribution in [1.29, 1.82) is 0 Å². The number of fused-ring (bicyclic) bond motifs is 1. The number of ether oxygens (including phenoxy) is 1. The fourth-order valence-electron chi connectivity index (χ4n) is 3.99. The van der Waals surface area contributed by atoms with Crippen LogP contribution < -0.4 is 15.0 Å². The number of halogens is 2. The minimum absolute atomic E-state index is 0.0111. The zero-order valence-electron chi connectivity index (χ0n) is 17.2. The molecule has 4 rings (SSSR count). The van der Waals surface area contributed by atoms with Crippen LogP contribution >= 0.6 is 11.6 Å². The number of nitrogens with one attached hydrogen (secondary N) is 1. The molecular weight excluding hydrogens is 423 g/mol. The van der Waals surface area contributed by atoms with Gasteiger partial charge < -0.3 is 15.0 Å². The number of carbonyl (C=O) groups excluding carboxylic acids is 2. The lowest BCUT2D eigenvalue weighted by molar-refractivity contribution is -0.133. The number of aromatic nitrogens is 1. The number of pyridine rings is 1. The van der Waals surface area contributed by atoms with Crippen LogP contribution in [0.5, 0.6) is 5.75 Å². The quantitative estimate of drug-likeness (QED) is 0.764. The second-order valence-corrected chi connectivity index (χ2v) is 8.23. The fraction of sp³-hybridized carbons (Fsp3) is 0.409. The molecule has 1 fully saturated rings. The summed E-state index contributed by atoms with van der Waals surface area (Å²) in [5.41, 5.74) is 1.35. The van der Waals surface area contributed by atoms with Crippen LogP contribution in [0, 0.1) is 11.7 Å². The second-order valence-electron chi connectivity index (χ2n) is 7.83. The van der Waals surface area contributed by atoms with Crippen molar-refractivity contribution in [3.63, 3.8) is 0 Å². The third kappa shape index (κ3) is 4.65. The van der Waals surface area contributed by atoms with E-state index >= 15 is 0 Å². The number of amides is 2. The van der Waals surface area contributed by atoms with E-state index in [1.54, 1.807) is 18.3 Å². The molecule has 0 atom stereocenters. The van der Waals surface area contributed by atoms with Gasteiger partial charge in [-0.05, 0) is 56.1 Å². The Bertz CT molecular complexity index is 995. The van der Waals surface area contributed by atoms with Gasteiger partial charge in [0, 0.05) is 24.8 Å². The molecule has 0 radical (unpaired) electrons. The molecule has 1 aromatic carbocycles. The highest BCUT2D eigenvalue weighted by Gasteiger charge is 2.31. The molecule has 1 aromatic heterocycles. The Hall–Kier alpha value is -2.71. The smallest absolute Gasteiger partial charge is 0.266 e. The zero-order valence-corrected chi connectivity index (χ0v) is 18.0. The molecule has 0 aliphatic carbocycles. The minimum atomic E-state index is -0.502. The first-order valence-corrected chi connectivity index (χ1v) is 10.6. The number of likely N-dealkylation sites (tertiary alicyclic amines) is 1. The van der Waals surface area contributed by atoms with Crippen molar-refractivity contribution in [2.24, 2.45) is 5.92 Å². The maximum absolute atomic E-state index is 13.5. The lowest BCUT2D eigenvalue weighted by Crippen LogP contribution is -2.49. The van der Waals surface area contributed by atoms with Crippen molar-refractivity contribution in [2.75, 3.05) is 44.7 Å². The van der Waals surface area contributed by atoms with Crippen molar-refractivity contribution in [3.8, 4) is 16.9 Å². The van der Waals surface area contributed by atoms with E-state index in [0.717, 1.165) is 19.4 Å². The average molecular weight is 447 g/mol. The fourth-order valence-corrected chi connectivity index (χ4v) is 4.17. The van der Waals surface area contributed by atoms with Crippen LogP contribution in [-0.4, -0.2) is 61.5 Å². The summed E-state index contributed by atoms with van der Waals surface area (Å²) in [6.07, 6.45) is 3.45. The highest BCUT2D eigenvalue weighted by Crippen LogP contribution is 2.34. The van der Waals surface area contributed by atoms with Crippen LogP contribution in [0.15, 0.2) is 30.5 Å².